The fourth-order valence-electron chi connectivity index (χ4n) is 2.82. The van der Waals surface area contributed by atoms with Crippen molar-refractivity contribution in [2.24, 2.45) is 0 Å². The molecule has 0 N–H and O–H groups in total. The first-order chi connectivity index (χ1) is 9.81. The van der Waals surface area contributed by atoms with Crippen LogP contribution in [0.25, 0.3) is 11.1 Å². The first-order valence-electron chi connectivity index (χ1n) is 7.38. The van der Waals surface area contributed by atoms with Crippen molar-refractivity contribution in [1.29, 1.82) is 0 Å². The van der Waals surface area contributed by atoms with Gasteiger partial charge in [-0.05, 0) is 54.8 Å². The molecular weight excluding hydrogens is 285 g/mol. The second-order valence-corrected chi connectivity index (χ2v) is 5.54. The minimum atomic E-state index is -0.185. The molecule has 0 amide bonds. The number of benzene rings is 2. The first kappa shape index (κ1) is 16.0. The molecule has 0 aliphatic carbocycles. The summed E-state index contributed by atoms with van der Waals surface area (Å²) in [7, 11) is 0. The van der Waals surface area contributed by atoms with E-state index < -0.39 is 0 Å². The standard InChI is InChI=1S/C18H20FN.ClH/c19-18-10-8-17(9-11-18)16-6-4-15(5-7-16)14-20-12-2-1-3-13-20;/h4-11H,1-3,12-14H2;1H. The van der Waals surface area contributed by atoms with Gasteiger partial charge in [0.2, 0.25) is 0 Å². The summed E-state index contributed by atoms with van der Waals surface area (Å²) in [6.07, 6.45) is 4.03. The molecule has 0 spiro atoms. The highest BCUT2D eigenvalue weighted by atomic mass is 35.5. The third kappa shape index (κ3) is 4.29. The van der Waals surface area contributed by atoms with E-state index in [2.05, 4.69) is 29.2 Å². The van der Waals surface area contributed by atoms with Gasteiger partial charge in [-0.15, -0.1) is 12.4 Å². The molecule has 0 radical (unpaired) electrons. The Morgan fingerprint density at radius 3 is 1.86 bits per heavy atom. The largest absolute Gasteiger partial charge is 0.299 e. The molecule has 112 valence electrons. The molecule has 3 heteroatoms. The molecular formula is C18H21ClFN. The van der Waals surface area contributed by atoms with Crippen LogP contribution in [-0.4, -0.2) is 18.0 Å². The van der Waals surface area contributed by atoms with Gasteiger partial charge in [0.1, 0.15) is 5.82 Å². The zero-order valence-electron chi connectivity index (χ0n) is 12.1. The highest BCUT2D eigenvalue weighted by molar-refractivity contribution is 5.85. The second-order valence-electron chi connectivity index (χ2n) is 5.54. The summed E-state index contributed by atoms with van der Waals surface area (Å²) in [5.41, 5.74) is 3.57. The van der Waals surface area contributed by atoms with Gasteiger partial charge in [0, 0.05) is 6.54 Å². The summed E-state index contributed by atoms with van der Waals surface area (Å²) in [5, 5.41) is 0. The van der Waals surface area contributed by atoms with Crippen LogP contribution in [0.5, 0.6) is 0 Å². The highest BCUT2D eigenvalue weighted by Gasteiger charge is 2.10. The van der Waals surface area contributed by atoms with E-state index in [1.54, 1.807) is 0 Å². The molecule has 0 aromatic heterocycles. The van der Waals surface area contributed by atoms with Crippen molar-refractivity contribution in [2.75, 3.05) is 13.1 Å². The lowest BCUT2D eigenvalue weighted by atomic mass is 10.0. The van der Waals surface area contributed by atoms with Crippen molar-refractivity contribution in [3.63, 3.8) is 0 Å². The lowest BCUT2D eigenvalue weighted by Crippen LogP contribution is -2.28. The monoisotopic (exact) mass is 305 g/mol. The van der Waals surface area contributed by atoms with Gasteiger partial charge in [-0.1, -0.05) is 42.8 Å². The van der Waals surface area contributed by atoms with Crippen LogP contribution in [0.3, 0.4) is 0 Å². The van der Waals surface area contributed by atoms with E-state index in [-0.39, 0.29) is 18.2 Å². The Hall–Kier alpha value is -1.38. The summed E-state index contributed by atoms with van der Waals surface area (Å²) in [6, 6.07) is 15.3. The normalized spacial score (nSPS) is 15.5. The molecule has 0 bridgehead atoms. The molecule has 1 saturated heterocycles. The lowest BCUT2D eigenvalue weighted by Gasteiger charge is -2.26. The van der Waals surface area contributed by atoms with Crippen molar-refractivity contribution in [3.05, 3.63) is 59.9 Å². The molecule has 2 aromatic rings. The van der Waals surface area contributed by atoms with Crippen LogP contribution < -0.4 is 0 Å². The van der Waals surface area contributed by atoms with Gasteiger partial charge < -0.3 is 0 Å². The number of nitrogens with zero attached hydrogens (tertiary/aromatic N) is 1. The van der Waals surface area contributed by atoms with Gasteiger partial charge in [0.25, 0.3) is 0 Å². The van der Waals surface area contributed by atoms with Crippen LogP contribution in [-0.2, 0) is 6.54 Å². The van der Waals surface area contributed by atoms with Crippen molar-refractivity contribution in [1.82, 2.24) is 4.90 Å². The summed E-state index contributed by atoms with van der Waals surface area (Å²) in [5.74, 6) is -0.185. The van der Waals surface area contributed by atoms with Gasteiger partial charge >= 0.3 is 0 Å². The van der Waals surface area contributed by atoms with E-state index in [1.807, 2.05) is 12.1 Å². The van der Waals surface area contributed by atoms with E-state index in [0.717, 1.165) is 17.7 Å². The van der Waals surface area contributed by atoms with Crippen LogP contribution in [0, 0.1) is 5.82 Å². The topological polar surface area (TPSA) is 3.24 Å². The molecule has 1 nitrogen and oxygen atoms in total. The summed E-state index contributed by atoms with van der Waals surface area (Å²) in [4.78, 5) is 2.52. The molecule has 0 unspecified atom stereocenters. The van der Waals surface area contributed by atoms with Crippen LogP contribution >= 0.6 is 12.4 Å². The zero-order valence-corrected chi connectivity index (χ0v) is 12.9. The lowest BCUT2D eigenvalue weighted by molar-refractivity contribution is 0.221. The van der Waals surface area contributed by atoms with Crippen molar-refractivity contribution < 1.29 is 4.39 Å². The van der Waals surface area contributed by atoms with Gasteiger partial charge in [-0.25, -0.2) is 4.39 Å². The Kier molecular flexibility index (Phi) is 5.77. The van der Waals surface area contributed by atoms with Crippen LogP contribution in [0.4, 0.5) is 4.39 Å². The number of halogens is 2. The molecule has 0 atom stereocenters. The van der Waals surface area contributed by atoms with Gasteiger partial charge in [0.05, 0.1) is 0 Å². The predicted octanol–water partition coefficient (Wildman–Crippen LogP) is 4.90. The SMILES string of the molecule is Cl.Fc1ccc(-c2ccc(CN3CCCCC3)cc2)cc1. The Balaban J connectivity index is 0.00000161. The molecule has 1 aliphatic rings. The summed E-state index contributed by atoms with van der Waals surface area (Å²) < 4.78 is 12.9. The summed E-state index contributed by atoms with van der Waals surface area (Å²) >= 11 is 0. The van der Waals surface area contributed by atoms with E-state index in [9.17, 15) is 4.39 Å². The molecule has 1 heterocycles. The minimum Gasteiger partial charge on any atom is -0.299 e. The van der Waals surface area contributed by atoms with Crippen molar-refractivity contribution >= 4 is 12.4 Å². The number of likely N-dealkylation sites (tertiary alicyclic amines) is 1. The Labute approximate surface area is 132 Å². The molecule has 3 rings (SSSR count). The van der Waals surface area contributed by atoms with Gasteiger partial charge in [-0.3, -0.25) is 4.90 Å². The molecule has 2 aromatic carbocycles. The average Bonchev–Trinajstić information content (AvgIpc) is 2.50. The van der Waals surface area contributed by atoms with Crippen LogP contribution in [0.2, 0.25) is 0 Å². The average molecular weight is 306 g/mol. The quantitative estimate of drug-likeness (QED) is 0.779. The number of hydrogen-bond donors (Lipinski definition) is 0. The highest BCUT2D eigenvalue weighted by Crippen LogP contribution is 2.21. The predicted molar refractivity (Wildman–Crippen MR) is 88.2 cm³/mol. The van der Waals surface area contributed by atoms with E-state index >= 15 is 0 Å². The summed E-state index contributed by atoms with van der Waals surface area (Å²) in [6.45, 7) is 3.49. The van der Waals surface area contributed by atoms with Crippen molar-refractivity contribution in [3.8, 4) is 11.1 Å². The zero-order chi connectivity index (χ0) is 13.8. The molecule has 1 fully saturated rings. The molecule has 21 heavy (non-hydrogen) atoms. The number of piperidine rings is 1. The third-order valence-corrected chi connectivity index (χ3v) is 3.99. The second kappa shape index (κ2) is 7.58. The van der Waals surface area contributed by atoms with Crippen LogP contribution in [0.15, 0.2) is 48.5 Å². The maximum absolute atomic E-state index is 12.9. The Morgan fingerprint density at radius 2 is 1.29 bits per heavy atom. The van der Waals surface area contributed by atoms with E-state index in [1.165, 1.54) is 50.0 Å². The van der Waals surface area contributed by atoms with Gasteiger partial charge in [-0.2, -0.15) is 0 Å². The maximum Gasteiger partial charge on any atom is 0.123 e. The van der Waals surface area contributed by atoms with E-state index in [0.29, 0.717) is 0 Å². The fraction of sp³-hybridized carbons (Fsp3) is 0.333. The first-order valence-corrected chi connectivity index (χ1v) is 7.38. The maximum atomic E-state index is 12.9. The van der Waals surface area contributed by atoms with Crippen molar-refractivity contribution in [2.45, 2.75) is 25.8 Å². The number of hydrogen-bond acceptors (Lipinski definition) is 1. The Bertz CT molecular complexity index is 544. The van der Waals surface area contributed by atoms with Gasteiger partial charge in [0.15, 0.2) is 0 Å². The molecule has 0 saturated carbocycles. The fourth-order valence-corrected chi connectivity index (χ4v) is 2.82. The smallest absolute Gasteiger partial charge is 0.123 e. The number of rotatable bonds is 3. The third-order valence-electron chi connectivity index (χ3n) is 3.99. The minimum absolute atomic E-state index is 0. The molecule has 1 aliphatic heterocycles. The Morgan fingerprint density at radius 1 is 0.762 bits per heavy atom. The van der Waals surface area contributed by atoms with Crippen LogP contribution in [0.1, 0.15) is 24.8 Å². The van der Waals surface area contributed by atoms with E-state index in [4.69, 9.17) is 0 Å².